The Morgan fingerprint density at radius 1 is 1.25 bits per heavy atom. The highest BCUT2D eigenvalue weighted by atomic mass is 19.4. The third-order valence-electron chi connectivity index (χ3n) is 3.46. The van der Waals surface area contributed by atoms with Gasteiger partial charge in [0.15, 0.2) is 0 Å². The summed E-state index contributed by atoms with van der Waals surface area (Å²) in [6.07, 6.45) is -2.40. The zero-order valence-corrected chi connectivity index (χ0v) is 11.4. The van der Waals surface area contributed by atoms with Crippen LogP contribution in [-0.2, 0) is 6.18 Å². The normalized spacial score (nSPS) is 23.8. The summed E-state index contributed by atoms with van der Waals surface area (Å²) in [4.78, 5) is 17.3. The van der Waals surface area contributed by atoms with Crippen LogP contribution in [-0.4, -0.2) is 28.9 Å². The van der Waals surface area contributed by atoms with Crippen LogP contribution >= 0.6 is 0 Å². The lowest BCUT2D eigenvalue weighted by molar-refractivity contribution is -0.141. The number of nitrogens with zero attached hydrogens (tertiary/aromatic N) is 2. The van der Waals surface area contributed by atoms with Crippen LogP contribution in [0.2, 0.25) is 0 Å². The molecule has 1 aliphatic rings. The van der Waals surface area contributed by atoms with E-state index < -0.39 is 11.9 Å². The molecule has 0 spiro atoms. The van der Waals surface area contributed by atoms with Crippen molar-refractivity contribution in [3.63, 3.8) is 0 Å². The molecule has 0 unspecified atom stereocenters. The number of amides is 1. The maximum atomic E-state index is 12.4. The number of likely N-dealkylation sites (tertiary alicyclic amines) is 1. The lowest BCUT2D eigenvalue weighted by atomic mass is 9.91. The van der Waals surface area contributed by atoms with Gasteiger partial charge in [0.2, 0.25) is 0 Å². The lowest BCUT2D eigenvalue weighted by Crippen LogP contribution is -2.42. The molecule has 1 aliphatic heterocycles. The van der Waals surface area contributed by atoms with E-state index in [1.165, 1.54) is 6.07 Å². The van der Waals surface area contributed by atoms with E-state index in [2.05, 4.69) is 18.8 Å². The first-order chi connectivity index (χ1) is 9.27. The van der Waals surface area contributed by atoms with Gasteiger partial charge in [-0.3, -0.25) is 9.78 Å². The van der Waals surface area contributed by atoms with Crippen molar-refractivity contribution in [2.24, 2.45) is 11.8 Å². The molecule has 2 rings (SSSR count). The molecule has 1 saturated heterocycles. The minimum absolute atomic E-state index is 0.208. The molecule has 2 atom stereocenters. The number of pyridine rings is 1. The molecule has 0 aromatic carbocycles. The van der Waals surface area contributed by atoms with Crippen molar-refractivity contribution in [1.29, 1.82) is 0 Å². The van der Waals surface area contributed by atoms with Crippen LogP contribution in [0.3, 0.4) is 0 Å². The molecule has 1 aromatic rings. The molecule has 1 amide bonds. The summed E-state index contributed by atoms with van der Waals surface area (Å²) in [5, 5.41) is 0. The summed E-state index contributed by atoms with van der Waals surface area (Å²) in [6.45, 7) is 5.43. The first kappa shape index (κ1) is 14.8. The van der Waals surface area contributed by atoms with Gasteiger partial charge in [-0.1, -0.05) is 13.8 Å². The number of piperidine rings is 1. The van der Waals surface area contributed by atoms with Crippen molar-refractivity contribution in [1.82, 2.24) is 9.88 Å². The summed E-state index contributed by atoms with van der Waals surface area (Å²) in [6, 6.07) is 2.05. The van der Waals surface area contributed by atoms with Crippen molar-refractivity contribution in [2.45, 2.75) is 26.4 Å². The molecule has 0 saturated carbocycles. The first-order valence-corrected chi connectivity index (χ1v) is 6.60. The van der Waals surface area contributed by atoms with Gasteiger partial charge >= 0.3 is 6.18 Å². The number of rotatable bonds is 1. The number of hydrogen-bond acceptors (Lipinski definition) is 2. The second-order valence-electron chi connectivity index (χ2n) is 5.59. The van der Waals surface area contributed by atoms with E-state index in [0.717, 1.165) is 18.7 Å². The van der Waals surface area contributed by atoms with Gasteiger partial charge in [0.25, 0.3) is 5.91 Å². The fraction of sp³-hybridized carbons (Fsp3) is 0.571. The first-order valence-electron chi connectivity index (χ1n) is 6.60. The summed E-state index contributed by atoms with van der Waals surface area (Å²) >= 11 is 0. The third kappa shape index (κ3) is 3.29. The third-order valence-corrected chi connectivity index (χ3v) is 3.46. The number of carbonyl (C=O) groups excluding carboxylic acids is 1. The Balaban J connectivity index is 2.13. The van der Waals surface area contributed by atoms with Crippen LogP contribution in [0.5, 0.6) is 0 Å². The zero-order valence-electron chi connectivity index (χ0n) is 11.4. The Hall–Kier alpha value is -1.59. The number of carbonyl (C=O) groups is 1. The highest BCUT2D eigenvalue weighted by Crippen LogP contribution is 2.28. The predicted molar refractivity (Wildman–Crippen MR) is 68.1 cm³/mol. The Kier molecular flexibility index (Phi) is 4.01. The largest absolute Gasteiger partial charge is 0.433 e. The number of halogens is 3. The average molecular weight is 286 g/mol. The van der Waals surface area contributed by atoms with Crippen LogP contribution in [0, 0.1) is 11.8 Å². The highest BCUT2D eigenvalue weighted by molar-refractivity contribution is 5.94. The smallest absolute Gasteiger partial charge is 0.338 e. The molecule has 0 N–H and O–H groups in total. The Morgan fingerprint density at radius 2 is 1.85 bits per heavy atom. The molecule has 0 aliphatic carbocycles. The quantitative estimate of drug-likeness (QED) is 0.794. The molecular formula is C14H17F3N2O. The molecule has 0 radical (unpaired) electrons. The predicted octanol–water partition coefficient (Wildman–Crippen LogP) is 3.22. The second kappa shape index (κ2) is 5.42. The molecule has 0 bridgehead atoms. The Morgan fingerprint density at radius 3 is 2.30 bits per heavy atom. The maximum Gasteiger partial charge on any atom is 0.433 e. The Labute approximate surface area is 115 Å². The highest BCUT2D eigenvalue weighted by Gasteiger charge is 2.33. The van der Waals surface area contributed by atoms with E-state index in [4.69, 9.17) is 0 Å². The van der Waals surface area contributed by atoms with Crippen LogP contribution in [0.4, 0.5) is 13.2 Å². The summed E-state index contributed by atoms with van der Waals surface area (Å²) in [5.41, 5.74) is -0.770. The van der Waals surface area contributed by atoms with Crippen molar-refractivity contribution in [3.05, 3.63) is 29.6 Å². The lowest BCUT2D eigenvalue weighted by Gasteiger charge is -2.35. The fourth-order valence-corrected chi connectivity index (χ4v) is 2.70. The Bertz CT molecular complexity index is 474. The molecule has 3 nitrogen and oxygen atoms in total. The average Bonchev–Trinajstić information content (AvgIpc) is 2.36. The molecule has 110 valence electrons. The number of hydrogen-bond donors (Lipinski definition) is 0. The number of alkyl halides is 3. The second-order valence-corrected chi connectivity index (χ2v) is 5.59. The SMILES string of the molecule is C[C@@H]1C[C@@H](C)CN(C(=O)c2ccc(C(F)(F)F)nc2)C1. The van der Waals surface area contributed by atoms with Gasteiger partial charge in [0.1, 0.15) is 5.69 Å². The molecule has 1 fully saturated rings. The van der Waals surface area contributed by atoms with Crippen molar-refractivity contribution in [2.75, 3.05) is 13.1 Å². The molecule has 2 heterocycles. The summed E-state index contributed by atoms with van der Waals surface area (Å²) < 4.78 is 37.3. The van der Waals surface area contributed by atoms with Crippen molar-refractivity contribution in [3.8, 4) is 0 Å². The van der Waals surface area contributed by atoms with Crippen LogP contribution < -0.4 is 0 Å². The van der Waals surface area contributed by atoms with Crippen LogP contribution in [0.1, 0.15) is 36.3 Å². The van der Waals surface area contributed by atoms with Crippen LogP contribution in [0.15, 0.2) is 18.3 Å². The van der Waals surface area contributed by atoms with Gasteiger partial charge in [-0.25, -0.2) is 0 Å². The van der Waals surface area contributed by atoms with E-state index in [1.54, 1.807) is 4.90 Å². The minimum Gasteiger partial charge on any atom is -0.338 e. The number of aromatic nitrogens is 1. The molecule has 6 heteroatoms. The fourth-order valence-electron chi connectivity index (χ4n) is 2.70. The summed E-state index contributed by atoms with van der Waals surface area (Å²) in [7, 11) is 0. The minimum atomic E-state index is -4.48. The standard InChI is InChI=1S/C14H17F3N2O/c1-9-5-10(2)8-19(7-9)13(20)11-3-4-12(18-6-11)14(15,16)17/h3-4,6,9-10H,5,7-8H2,1-2H3/t9-,10-/m1/s1. The summed E-state index contributed by atoms with van der Waals surface area (Å²) in [5.74, 6) is 0.569. The van der Waals surface area contributed by atoms with Gasteiger partial charge in [-0.2, -0.15) is 13.2 Å². The van der Waals surface area contributed by atoms with Gasteiger partial charge in [-0.15, -0.1) is 0 Å². The van der Waals surface area contributed by atoms with Crippen LogP contribution in [0.25, 0.3) is 0 Å². The zero-order chi connectivity index (χ0) is 14.9. The van der Waals surface area contributed by atoms with Gasteiger partial charge < -0.3 is 4.90 Å². The molecular weight excluding hydrogens is 269 g/mol. The van der Waals surface area contributed by atoms with Gasteiger partial charge in [0, 0.05) is 19.3 Å². The maximum absolute atomic E-state index is 12.4. The monoisotopic (exact) mass is 286 g/mol. The van der Waals surface area contributed by atoms with E-state index in [9.17, 15) is 18.0 Å². The van der Waals surface area contributed by atoms with Crippen molar-refractivity contribution < 1.29 is 18.0 Å². The van der Waals surface area contributed by atoms with Crippen molar-refractivity contribution >= 4 is 5.91 Å². The van der Waals surface area contributed by atoms with Gasteiger partial charge in [-0.05, 0) is 30.4 Å². The van der Waals surface area contributed by atoms with E-state index in [0.29, 0.717) is 24.9 Å². The van der Waals surface area contributed by atoms with Gasteiger partial charge in [0.05, 0.1) is 5.56 Å². The van der Waals surface area contributed by atoms with E-state index in [1.807, 2.05) is 0 Å². The topological polar surface area (TPSA) is 33.2 Å². The molecule has 1 aromatic heterocycles. The van der Waals surface area contributed by atoms with E-state index in [-0.39, 0.29) is 11.5 Å². The molecule has 20 heavy (non-hydrogen) atoms. The van der Waals surface area contributed by atoms with E-state index >= 15 is 0 Å².